The lowest BCUT2D eigenvalue weighted by molar-refractivity contribution is 0.0133. The zero-order valence-corrected chi connectivity index (χ0v) is 19.8. The van der Waals surface area contributed by atoms with E-state index in [9.17, 15) is 13.9 Å². The summed E-state index contributed by atoms with van der Waals surface area (Å²) in [7, 11) is 0. The fraction of sp³-hybridized carbons (Fsp3) is 0.208. The van der Waals surface area contributed by atoms with Crippen LogP contribution in [0.15, 0.2) is 73.6 Å². The van der Waals surface area contributed by atoms with Crippen LogP contribution in [0, 0.1) is 11.6 Å². The minimum atomic E-state index is -1.63. The highest BCUT2D eigenvalue weighted by molar-refractivity contribution is 7.99. The summed E-state index contributed by atoms with van der Waals surface area (Å²) in [5.41, 5.74) is 0.363. The summed E-state index contributed by atoms with van der Waals surface area (Å²) in [6.07, 6.45) is 6.83. The van der Waals surface area contributed by atoms with E-state index in [1.165, 1.54) is 35.2 Å². The van der Waals surface area contributed by atoms with Crippen molar-refractivity contribution in [1.82, 2.24) is 24.1 Å². The largest absolute Gasteiger partial charge is 0.382 e. The van der Waals surface area contributed by atoms with E-state index in [2.05, 4.69) is 10.1 Å². The van der Waals surface area contributed by atoms with Gasteiger partial charge in [0.25, 0.3) is 0 Å². The van der Waals surface area contributed by atoms with Crippen molar-refractivity contribution < 1.29 is 13.9 Å². The van der Waals surface area contributed by atoms with Crippen LogP contribution in [0.1, 0.15) is 17.4 Å². The van der Waals surface area contributed by atoms with Gasteiger partial charge in [-0.2, -0.15) is 5.10 Å². The van der Waals surface area contributed by atoms with Gasteiger partial charge < -0.3 is 5.11 Å². The van der Waals surface area contributed by atoms with Gasteiger partial charge in [0, 0.05) is 45.5 Å². The van der Waals surface area contributed by atoms with Crippen molar-refractivity contribution in [3.05, 3.63) is 95.7 Å². The number of thiazole rings is 1. The Labute approximate surface area is 202 Å². The molecule has 3 aromatic heterocycles. The zero-order chi connectivity index (χ0) is 23.7. The molecule has 10 heteroatoms. The van der Waals surface area contributed by atoms with Crippen LogP contribution < -0.4 is 0 Å². The van der Waals surface area contributed by atoms with Crippen molar-refractivity contribution >= 4 is 28.1 Å². The monoisotopic (exact) mass is 497 g/mol. The van der Waals surface area contributed by atoms with E-state index < -0.39 is 22.5 Å². The standard InChI is InChI=1S/C24H21F2N5OS2/c1-16(24(32,13-31-15-27-14-28-31)20-8-7-18(25)9-21(20)26)33-12-19-10-30-11-22(29-23(30)34-19)17-5-3-2-4-6-17/h2-11,14-16,32H,12-13H2,1H3/t16-,24-/m1/s1. The third-order valence-corrected chi connectivity index (χ3v) is 8.24. The molecule has 0 bridgehead atoms. The van der Waals surface area contributed by atoms with Crippen molar-refractivity contribution in [1.29, 1.82) is 0 Å². The highest BCUT2D eigenvalue weighted by Crippen LogP contribution is 2.38. The average molecular weight is 498 g/mol. The Kier molecular flexibility index (Phi) is 6.20. The summed E-state index contributed by atoms with van der Waals surface area (Å²) < 4.78 is 31.7. The van der Waals surface area contributed by atoms with Gasteiger partial charge in [0.2, 0.25) is 0 Å². The van der Waals surface area contributed by atoms with E-state index in [0.717, 1.165) is 33.2 Å². The number of halogens is 2. The lowest BCUT2D eigenvalue weighted by Crippen LogP contribution is -2.41. The van der Waals surface area contributed by atoms with E-state index >= 15 is 0 Å². The van der Waals surface area contributed by atoms with Crippen LogP contribution in [0.3, 0.4) is 0 Å². The second kappa shape index (κ2) is 9.28. The first-order valence-corrected chi connectivity index (χ1v) is 12.4. The van der Waals surface area contributed by atoms with Crippen molar-refractivity contribution in [2.75, 3.05) is 0 Å². The molecular weight excluding hydrogens is 476 g/mol. The topological polar surface area (TPSA) is 68.2 Å². The predicted octanol–water partition coefficient (Wildman–Crippen LogP) is 5.14. The summed E-state index contributed by atoms with van der Waals surface area (Å²) in [6.45, 7) is 1.81. The second-order valence-corrected chi connectivity index (χ2v) is 10.4. The average Bonchev–Trinajstić information content (AvgIpc) is 3.55. The first-order chi connectivity index (χ1) is 16.4. The molecule has 5 aromatic rings. The van der Waals surface area contributed by atoms with Crippen molar-refractivity contribution in [3.8, 4) is 11.3 Å². The maximum Gasteiger partial charge on any atom is 0.194 e. The first kappa shape index (κ1) is 22.7. The summed E-state index contributed by atoms with van der Waals surface area (Å²) in [5.74, 6) is -0.891. The highest BCUT2D eigenvalue weighted by atomic mass is 32.2. The molecule has 3 heterocycles. The fourth-order valence-electron chi connectivity index (χ4n) is 3.84. The first-order valence-electron chi connectivity index (χ1n) is 10.6. The van der Waals surface area contributed by atoms with E-state index in [1.807, 2.05) is 54.0 Å². The Morgan fingerprint density at radius 1 is 1.15 bits per heavy atom. The Bertz CT molecular complexity index is 1370. The van der Waals surface area contributed by atoms with Crippen LogP contribution in [0.5, 0.6) is 0 Å². The number of aromatic nitrogens is 5. The minimum Gasteiger partial charge on any atom is -0.382 e. The third-order valence-electron chi connectivity index (χ3n) is 5.69. The lowest BCUT2D eigenvalue weighted by atomic mass is 9.90. The molecule has 0 radical (unpaired) electrons. The van der Waals surface area contributed by atoms with Crippen LogP contribution >= 0.6 is 23.1 Å². The molecule has 0 unspecified atom stereocenters. The van der Waals surface area contributed by atoms with Gasteiger partial charge in [0.1, 0.15) is 29.9 Å². The lowest BCUT2D eigenvalue weighted by Gasteiger charge is -2.34. The minimum absolute atomic E-state index is 0.0160. The third kappa shape index (κ3) is 4.48. The van der Waals surface area contributed by atoms with Gasteiger partial charge >= 0.3 is 0 Å². The van der Waals surface area contributed by atoms with Crippen LogP contribution in [0.25, 0.3) is 16.2 Å². The summed E-state index contributed by atoms with van der Waals surface area (Å²) in [5, 5.41) is 15.3. The Hall–Kier alpha value is -3.08. The van der Waals surface area contributed by atoms with Crippen LogP contribution in [0.2, 0.25) is 0 Å². The van der Waals surface area contributed by atoms with Gasteiger partial charge in [-0.1, -0.05) is 43.3 Å². The van der Waals surface area contributed by atoms with Gasteiger partial charge in [-0.05, 0) is 6.07 Å². The van der Waals surface area contributed by atoms with E-state index in [4.69, 9.17) is 4.98 Å². The van der Waals surface area contributed by atoms with E-state index in [1.54, 1.807) is 11.3 Å². The normalized spacial score (nSPS) is 14.4. The summed E-state index contributed by atoms with van der Waals surface area (Å²) in [4.78, 5) is 10.6. The molecular formula is C24H21F2N5OS2. The molecule has 2 aromatic carbocycles. The second-order valence-electron chi connectivity index (χ2n) is 7.97. The molecule has 0 aliphatic heterocycles. The number of hydrogen-bond acceptors (Lipinski definition) is 6. The molecule has 0 aliphatic carbocycles. The number of benzene rings is 2. The summed E-state index contributed by atoms with van der Waals surface area (Å²) >= 11 is 3.05. The maximum absolute atomic E-state index is 14.7. The molecule has 2 atom stereocenters. The quantitative estimate of drug-likeness (QED) is 0.321. The zero-order valence-electron chi connectivity index (χ0n) is 18.2. The van der Waals surface area contributed by atoms with Crippen LogP contribution in [-0.2, 0) is 17.9 Å². The number of nitrogens with zero attached hydrogens (tertiary/aromatic N) is 5. The number of imidazole rings is 1. The fourth-order valence-corrected chi connectivity index (χ4v) is 6.00. The van der Waals surface area contributed by atoms with E-state index in [-0.39, 0.29) is 12.1 Å². The molecule has 0 spiro atoms. The molecule has 0 saturated carbocycles. The molecule has 174 valence electrons. The van der Waals surface area contributed by atoms with Crippen molar-refractivity contribution in [3.63, 3.8) is 0 Å². The predicted molar refractivity (Wildman–Crippen MR) is 130 cm³/mol. The molecule has 0 saturated heterocycles. The molecule has 0 fully saturated rings. The van der Waals surface area contributed by atoms with Gasteiger partial charge in [-0.15, -0.1) is 23.1 Å². The number of fused-ring (bicyclic) bond motifs is 1. The number of aliphatic hydroxyl groups is 1. The molecule has 34 heavy (non-hydrogen) atoms. The molecule has 0 amide bonds. The van der Waals surface area contributed by atoms with Crippen molar-refractivity contribution in [2.24, 2.45) is 0 Å². The Morgan fingerprint density at radius 2 is 1.97 bits per heavy atom. The molecule has 0 aliphatic rings. The van der Waals surface area contributed by atoms with Crippen LogP contribution in [-0.4, -0.2) is 34.5 Å². The molecule has 1 N–H and O–H groups in total. The van der Waals surface area contributed by atoms with Crippen molar-refractivity contribution in [2.45, 2.75) is 30.1 Å². The number of hydrogen-bond donors (Lipinski definition) is 1. The Balaban J connectivity index is 1.36. The Morgan fingerprint density at radius 3 is 2.68 bits per heavy atom. The van der Waals surface area contributed by atoms with Gasteiger partial charge in [-0.3, -0.25) is 4.40 Å². The van der Waals surface area contributed by atoms with E-state index in [0.29, 0.717) is 5.75 Å². The molecule has 5 rings (SSSR count). The summed E-state index contributed by atoms with van der Waals surface area (Å²) in [6, 6.07) is 13.2. The highest BCUT2D eigenvalue weighted by Gasteiger charge is 2.39. The van der Waals surface area contributed by atoms with Gasteiger partial charge in [0.05, 0.1) is 12.2 Å². The number of thioether (sulfide) groups is 1. The number of rotatable bonds is 8. The van der Waals surface area contributed by atoms with Gasteiger partial charge in [0.15, 0.2) is 4.96 Å². The molecule has 6 nitrogen and oxygen atoms in total. The smallest absolute Gasteiger partial charge is 0.194 e. The van der Waals surface area contributed by atoms with Crippen LogP contribution in [0.4, 0.5) is 8.78 Å². The maximum atomic E-state index is 14.7. The van der Waals surface area contributed by atoms with Gasteiger partial charge in [-0.25, -0.2) is 23.4 Å². The SMILES string of the molecule is C[C@@H](SCc1cn2cc(-c3ccccc3)nc2s1)[C@](O)(Cn1cncn1)c1ccc(F)cc1F.